The van der Waals surface area contributed by atoms with Crippen molar-refractivity contribution in [1.82, 2.24) is 9.80 Å². The summed E-state index contributed by atoms with van der Waals surface area (Å²) in [5.41, 5.74) is 1.22. The van der Waals surface area contributed by atoms with E-state index in [0.717, 1.165) is 32.5 Å². The third-order valence-electron chi connectivity index (χ3n) is 5.13. The van der Waals surface area contributed by atoms with Crippen molar-refractivity contribution in [3.63, 3.8) is 0 Å². The van der Waals surface area contributed by atoms with Crippen molar-refractivity contribution in [2.45, 2.75) is 44.7 Å². The lowest BCUT2D eigenvalue weighted by molar-refractivity contribution is -0.139. The monoisotopic (exact) mass is 311 g/mol. The van der Waals surface area contributed by atoms with E-state index in [0.29, 0.717) is 6.54 Å². The van der Waals surface area contributed by atoms with Crippen LogP contribution >= 0.6 is 0 Å². The normalized spacial score (nSPS) is 23.4. The van der Waals surface area contributed by atoms with Crippen LogP contribution in [0.5, 0.6) is 0 Å². The van der Waals surface area contributed by atoms with E-state index in [4.69, 9.17) is 0 Å². The molecule has 2 fully saturated rings. The Morgan fingerprint density at radius 2 is 1.87 bits per heavy atom. The first-order chi connectivity index (χ1) is 11.3. The van der Waals surface area contributed by atoms with Crippen molar-refractivity contribution in [3.05, 3.63) is 35.9 Å². The number of amides is 1. The fourth-order valence-corrected chi connectivity index (χ4v) is 3.76. The number of carbonyl (C=O) groups is 1. The number of nitrogens with zero attached hydrogens (tertiary/aromatic N) is 3. The molecule has 0 unspecified atom stereocenters. The molecule has 1 atom stereocenters. The van der Waals surface area contributed by atoms with Gasteiger partial charge in [0.05, 0.1) is 6.07 Å². The highest BCUT2D eigenvalue weighted by molar-refractivity contribution is 5.79. The first-order valence-electron chi connectivity index (χ1n) is 8.74. The van der Waals surface area contributed by atoms with E-state index in [1.165, 1.54) is 24.8 Å². The summed E-state index contributed by atoms with van der Waals surface area (Å²) in [7, 11) is 0. The first-order valence-corrected chi connectivity index (χ1v) is 8.74. The quantitative estimate of drug-likeness (QED) is 0.862. The van der Waals surface area contributed by atoms with Crippen molar-refractivity contribution in [2.24, 2.45) is 5.92 Å². The lowest BCUT2D eigenvalue weighted by Gasteiger charge is -2.40. The molecule has 1 aliphatic carbocycles. The van der Waals surface area contributed by atoms with Crippen LogP contribution < -0.4 is 0 Å². The molecule has 4 heteroatoms. The van der Waals surface area contributed by atoms with Crippen LogP contribution in [0.15, 0.2) is 30.3 Å². The molecule has 3 rings (SSSR count). The largest absolute Gasteiger partial charge is 0.339 e. The number of hydrogen-bond acceptors (Lipinski definition) is 3. The average Bonchev–Trinajstić information content (AvgIpc) is 2.63. The summed E-state index contributed by atoms with van der Waals surface area (Å²) < 4.78 is 0. The van der Waals surface area contributed by atoms with Gasteiger partial charge in [0.2, 0.25) is 5.91 Å². The Morgan fingerprint density at radius 1 is 1.13 bits per heavy atom. The molecule has 1 aliphatic heterocycles. The van der Waals surface area contributed by atoms with Gasteiger partial charge in [-0.1, -0.05) is 49.6 Å². The number of rotatable bonds is 3. The lowest BCUT2D eigenvalue weighted by atomic mass is 9.88. The van der Waals surface area contributed by atoms with E-state index in [1.807, 2.05) is 23.1 Å². The SMILES string of the molecule is N#C[C@H]1CN(C(=O)C2CCCCC2)CCN1Cc1ccccc1. The average molecular weight is 311 g/mol. The fraction of sp³-hybridized carbons (Fsp3) is 0.579. The molecule has 1 amide bonds. The van der Waals surface area contributed by atoms with Crippen molar-refractivity contribution < 1.29 is 4.79 Å². The lowest BCUT2D eigenvalue weighted by Crippen LogP contribution is -2.55. The molecule has 23 heavy (non-hydrogen) atoms. The number of hydrogen-bond donors (Lipinski definition) is 0. The van der Waals surface area contributed by atoms with Gasteiger partial charge in [0.25, 0.3) is 0 Å². The zero-order valence-electron chi connectivity index (χ0n) is 13.7. The van der Waals surface area contributed by atoms with Crippen molar-refractivity contribution in [1.29, 1.82) is 5.26 Å². The first kappa shape index (κ1) is 16.0. The van der Waals surface area contributed by atoms with E-state index in [-0.39, 0.29) is 17.9 Å². The zero-order chi connectivity index (χ0) is 16.1. The Hall–Kier alpha value is -1.86. The zero-order valence-corrected chi connectivity index (χ0v) is 13.7. The van der Waals surface area contributed by atoms with Crippen molar-refractivity contribution in [3.8, 4) is 6.07 Å². The molecule has 1 saturated heterocycles. The van der Waals surface area contributed by atoms with Gasteiger partial charge in [0.1, 0.15) is 6.04 Å². The smallest absolute Gasteiger partial charge is 0.225 e. The maximum atomic E-state index is 12.7. The Morgan fingerprint density at radius 3 is 2.57 bits per heavy atom. The Balaban J connectivity index is 1.60. The predicted molar refractivity (Wildman–Crippen MR) is 89.4 cm³/mol. The van der Waals surface area contributed by atoms with Gasteiger partial charge >= 0.3 is 0 Å². The van der Waals surface area contributed by atoms with Crippen molar-refractivity contribution >= 4 is 5.91 Å². The van der Waals surface area contributed by atoms with Gasteiger partial charge in [-0.25, -0.2) is 0 Å². The predicted octanol–water partition coefficient (Wildman–Crippen LogP) is 2.80. The van der Waals surface area contributed by atoms with Gasteiger partial charge in [-0.15, -0.1) is 0 Å². The van der Waals surface area contributed by atoms with Gasteiger partial charge in [-0.05, 0) is 18.4 Å². The second kappa shape index (κ2) is 7.61. The topological polar surface area (TPSA) is 47.3 Å². The standard InChI is InChI=1S/C19H25N3O/c20-13-18-15-22(19(23)17-9-5-2-6-10-17)12-11-21(18)14-16-7-3-1-4-8-16/h1,3-4,7-8,17-18H,2,5-6,9-12,14-15H2/t18-/m0/s1. The Labute approximate surface area is 138 Å². The summed E-state index contributed by atoms with van der Waals surface area (Å²) in [6.45, 7) is 2.87. The Bertz CT molecular complexity index is 560. The molecule has 2 aliphatic rings. The van der Waals surface area contributed by atoms with Crippen LogP contribution in [0.4, 0.5) is 0 Å². The van der Waals surface area contributed by atoms with Crippen molar-refractivity contribution in [2.75, 3.05) is 19.6 Å². The maximum absolute atomic E-state index is 12.7. The minimum absolute atomic E-state index is 0.198. The molecule has 1 saturated carbocycles. The molecule has 0 bridgehead atoms. The fourth-order valence-electron chi connectivity index (χ4n) is 3.76. The third-order valence-corrected chi connectivity index (χ3v) is 5.13. The third kappa shape index (κ3) is 3.92. The van der Waals surface area contributed by atoms with Crippen LogP contribution in [0.3, 0.4) is 0 Å². The van der Waals surface area contributed by atoms with Gasteiger partial charge in [0.15, 0.2) is 0 Å². The van der Waals surface area contributed by atoms with Crippen LogP contribution in [0.25, 0.3) is 0 Å². The van der Waals surface area contributed by atoms with Crippen LogP contribution in [0, 0.1) is 17.2 Å². The molecule has 0 radical (unpaired) electrons. The van der Waals surface area contributed by atoms with Crippen LogP contribution in [0.1, 0.15) is 37.7 Å². The number of piperazine rings is 1. The van der Waals surface area contributed by atoms with Crippen LogP contribution in [-0.2, 0) is 11.3 Å². The highest BCUT2D eigenvalue weighted by atomic mass is 16.2. The molecule has 4 nitrogen and oxygen atoms in total. The maximum Gasteiger partial charge on any atom is 0.225 e. The molecule has 1 aromatic rings. The summed E-state index contributed by atoms with van der Waals surface area (Å²) in [5.74, 6) is 0.480. The van der Waals surface area contributed by atoms with E-state index in [9.17, 15) is 10.1 Å². The minimum atomic E-state index is -0.198. The second-order valence-electron chi connectivity index (χ2n) is 6.72. The summed E-state index contributed by atoms with van der Waals surface area (Å²) >= 11 is 0. The summed E-state index contributed by atoms with van der Waals surface area (Å²) in [4.78, 5) is 16.8. The van der Waals surface area contributed by atoms with Crippen LogP contribution in [0.2, 0.25) is 0 Å². The molecule has 1 heterocycles. The minimum Gasteiger partial charge on any atom is -0.339 e. The molecular formula is C19H25N3O. The van der Waals surface area contributed by atoms with Gasteiger partial charge in [-0.3, -0.25) is 9.69 Å². The molecule has 1 aromatic carbocycles. The van der Waals surface area contributed by atoms with E-state index in [2.05, 4.69) is 23.1 Å². The highest BCUT2D eigenvalue weighted by Crippen LogP contribution is 2.26. The van der Waals surface area contributed by atoms with E-state index >= 15 is 0 Å². The van der Waals surface area contributed by atoms with E-state index in [1.54, 1.807) is 0 Å². The van der Waals surface area contributed by atoms with Gasteiger partial charge in [0, 0.05) is 32.1 Å². The van der Waals surface area contributed by atoms with E-state index < -0.39 is 0 Å². The number of carbonyl (C=O) groups excluding carboxylic acids is 1. The number of benzene rings is 1. The van der Waals surface area contributed by atoms with Gasteiger partial charge in [-0.2, -0.15) is 5.26 Å². The highest BCUT2D eigenvalue weighted by Gasteiger charge is 2.33. The molecule has 0 N–H and O–H groups in total. The van der Waals surface area contributed by atoms with Crippen LogP contribution in [-0.4, -0.2) is 41.4 Å². The molecular weight excluding hydrogens is 286 g/mol. The van der Waals surface area contributed by atoms with Gasteiger partial charge < -0.3 is 4.90 Å². The molecule has 122 valence electrons. The molecule has 0 spiro atoms. The number of nitriles is 1. The summed E-state index contributed by atoms with van der Waals surface area (Å²) in [6.07, 6.45) is 5.66. The summed E-state index contributed by atoms with van der Waals surface area (Å²) in [5, 5.41) is 9.52. The summed E-state index contributed by atoms with van der Waals surface area (Å²) in [6, 6.07) is 12.4. The second-order valence-corrected chi connectivity index (χ2v) is 6.72. The Kier molecular flexibility index (Phi) is 5.30. The molecule has 0 aromatic heterocycles.